The molecule has 0 fully saturated rings. The normalized spacial score (nSPS) is 9.67. The number of aromatic nitrogens is 2. The Hall–Kier alpha value is -1.79. The third kappa shape index (κ3) is 0.949. The summed E-state index contributed by atoms with van der Waals surface area (Å²) in [6.45, 7) is 3.50. The average Bonchev–Trinajstić information content (AvgIpc) is 2.50. The molecular formula is C10H8N2. The van der Waals surface area contributed by atoms with E-state index >= 15 is 0 Å². The highest BCUT2D eigenvalue weighted by molar-refractivity contribution is 5.79. The van der Waals surface area contributed by atoms with Crippen molar-refractivity contribution in [2.45, 2.75) is 0 Å². The van der Waals surface area contributed by atoms with Gasteiger partial charge < -0.3 is 0 Å². The van der Waals surface area contributed by atoms with E-state index in [-0.39, 0.29) is 0 Å². The fourth-order valence-electron chi connectivity index (χ4n) is 1.18. The maximum Gasteiger partial charge on any atom is 0.0741 e. The number of fused-ring (bicyclic) bond motifs is 1. The third-order valence-electron chi connectivity index (χ3n) is 1.72. The average molecular weight is 156 g/mol. The van der Waals surface area contributed by atoms with E-state index in [1.807, 2.05) is 30.5 Å². The van der Waals surface area contributed by atoms with Gasteiger partial charge in [-0.15, -0.1) is 5.73 Å². The van der Waals surface area contributed by atoms with Crippen molar-refractivity contribution in [3.63, 3.8) is 0 Å². The van der Waals surface area contributed by atoms with Crippen LogP contribution in [0.3, 0.4) is 0 Å². The number of hydrogen-bond donors (Lipinski definition) is 0. The molecule has 0 N–H and O–H groups in total. The fraction of sp³-hybridized carbons (Fsp3) is 0. The van der Waals surface area contributed by atoms with Gasteiger partial charge in [-0.3, -0.25) is 0 Å². The van der Waals surface area contributed by atoms with Crippen LogP contribution in [-0.2, 0) is 0 Å². The van der Waals surface area contributed by atoms with Gasteiger partial charge in [-0.05, 0) is 6.07 Å². The minimum Gasteiger partial charge on any atom is -0.233 e. The van der Waals surface area contributed by atoms with Gasteiger partial charge in [-0.2, -0.15) is 5.10 Å². The van der Waals surface area contributed by atoms with E-state index in [2.05, 4.69) is 17.4 Å². The first kappa shape index (κ1) is 6.89. The summed E-state index contributed by atoms with van der Waals surface area (Å²) in [6.07, 6.45) is 3.53. The van der Waals surface area contributed by atoms with Crippen molar-refractivity contribution in [3.8, 4) is 0 Å². The summed E-state index contributed by atoms with van der Waals surface area (Å²) in [5.41, 5.74) is 3.77. The zero-order chi connectivity index (χ0) is 8.39. The van der Waals surface area contributed by atoms with E-state index in [9.17, 15) is 0 Å². The quantitative estimate of drug-likeness (QED) is 0.579. The molecule has 2 rings (SSSR count). The van der Waals surface area contributed by atoms with E-state index < -0.39 is 0 Å². The topological polar surface area (TPSA) is 17.8 Å². The molecule has 0 spiro atoms. The molecule has 0 aliphatic carbocycles. The van der Waals surface area contributed by atoms with Gasteiger partial charge in [-0.1, -0.05) is 24.8 Å². The number of hydrogen-bond acceptors (Lipinski definition) is 1. The Morgan fingerprint density at radius 1 is 1.42 bits per heavy atom. The van der Waals surface area contributed by atoms with Crippen LogP contribution in [0.4, 0.5) is 0 Å². The van der Waals surface area contributed by atoms with Crippen molar-refractivity contribution in [1.29, 1.82) is 0 Å². The van der Waals surface area contributed by atoms with Crippen molar-refractivity contribution in [1.82, 2.24) is 9.78 Å². The molecule has 2 heteroatoms. The predicted molar refractivity (Wildman–Crippen MR) is 49.6 cm³/mol. The summed E-state index contributed by atoms with van der Waals surface area (Å²) >= 11 is 0. The molecule has 1 aromatic heterocycles. The molecule has 0 atom stereocenters. The van der Waals surface area contributed by atoms with Gasteiger partial charge in [0.15, 0.2) is 0 Å². The van der Waals surface area contributed by atoms with E-state index in [1.54, 1.807) is 10.9 Å². The highest BCUT2D eigenvalue weighted by Gasteiger charge is 1.96. The highest BCUT2D eigenvalue weighted by Crippen LogP contribution is 2.11. The second-order valence-corrected chi connectivity index (χ2v) is 2.48. The first-order chi connectivity index (χ1) is 5.92. The summed E-state index contributed by atoms with van der Waals surface area (Å²) in [5.74, 6) is 0. The van der Waals surface area contributed by atoms with Gasteiger partial charge in [0.05, 0.1) is 17.9 Å². The van der Waals surface area contributed by atoms with E-state index in [4.69, 9.17) is 0 Å². The summed E-state index contributed by atoms with van der Waals surface area (Å²) in [4.78, 5) is 0. The van der Waals surface area contributed by atoms with Crippen molar-refractivity contribution >= 4 is 17.1 Å². The fourth-order valence-corrected chi connectivity index (χ4v) is 1.18. The lowest BCUT2D eigenvalue weighted by Crippen LogP contribution is -1.85. The van der Waals surface area contributed by atoms with Crippen LogP contribution < -0.4 is 0 Å². The SMILES string of the molecule is C=C=Cn1ncc2ccccc21. The van der Waals surface area contributed by atoms with Crippen LogP contribution in [-0.4, -0.2) is 9.78 Å². The summed E-state index contributed by atoms with van der Waals surface area (Å²) in [5, 5.41) is 5.27. The molecule has 12 heavy (non-hydrogen) atoms. The van der Waals surface area contributed by atoms with E-state index in [0.29, 0.717) is 0 Å². The standard InChI is InChI=1S/C10H8N2/c1-2-7-12-10-6-4-3-5-9(10)8-11-12/h3-8H,1H2. The Kier molecular flexibility index (Phi) is 1.54. The number of rotatable bonds is 1. The smallest absolute Gasteiger partial charge is 0.0741 e. The van der Waals surface area contributed by atoms with Crippen LogP contribution in [0.25, 0.3) is 17.1 Å². The Labute approximate surface area is 70.4 Å². The van der Waals surface area contributed by atoms with Crippen LogP contribution in [0.5, 0.6) is 0 Å². The summed E-state index contributed by atoms with van der Waals surface area (Å²) in [6, 6.07) is 8.01. The van der Waals surface area contributed by atoms with Crippen LogP contribution in [0.1, 0.15) is 0 Å². The van der Waals surface area contributed by atoms with Crippen molar-refractivity contribution in [3.05, 3.63) is 42.8 Å². The van der Waals surface area contributed by atoms with Gasteiger partial charge in [0.25, 0.3) is 0 Å². The Morgan fingerprint density at radius 3 is 3.08 bits per heavy atom. The van der Waals surface area contributed by atoms with Gasteiger partial charge in [-0.25, -0.2) is 4.68 Å². The number of nitrogens with zero attached hydrogens (tertiary/aromatic N) is 2. The number of benzene rings is 1. The summed E-state index contributed by atoms with van der Waals surface area (Å²) in [7, 11) is 0. The van der Waals surface area contributed by atoms with E-state index in [0.717, 1.165) is 10.9 Å². The lowest BCUT2D eigenvalue weighted by atomic mass is 10.3. The highest BCUT2D eigenvalue weighted by atomic mass is 15.3. The lowest BCUT2D eigenvalue weighted by molar-refractivity contribution is 0.967. The summed E-state index contributed by atoms with van der Waals surface area (Å²) < 4.78 is 1.75. The molecule has 0 amide bonds. The van der Waals surface area contributed by atoms with Crippen LogP contribution >= 0.6 is 0 Å². The minimum atomic E-state index is 1.08. The van der Waals surface area contributed by atoms with Gasteiger partial charge in [0, 0.05) is 5.39 Å². The van der Waals surface area contributed by atoms with Crippen molar-refractivity contribution in [2.24, 2.45) is 0 Å². The molecule has 0 bridgehead atoms. The molecule has 2 aromatic rings. The molecule has 0 aliphatic rings. The van der Waals surface area contributed by atoms with Gasteiger partial charge in [0.2, 0.25) is 0 Å². The number of para-hydroxylation sites is 1. The molecule has 1 aromatic carbocycles. The minimum absolute atomic E-state index is 1.08. The molecule has 1 heterocycles. The van der Waals surface area contributed by atoms with Crippen molar-refractivity contribution in [2.75, 3.05) is 0 Å². The second-order valence-electron chi connectivity index (χ2n) is 2.48. The maximum absolute atomic E-state index is 4.14. The lowest BCUT2D eigenvalue weighted by Gasteiger charge is -1.91. The zero-order valence-electron chi connectivity index (χ0n) is 6.57. The molecular weight excluding hydrogens is 148 g/mol. The van der Waals surface area contributed by atoms with Crippen molar-refractivity contribution < 1.29 is 0 Å². The van der Waals surface area contributed by atoms with Gasteiger partial charge >= 0.3 is 0 Å². The Bertz CT molecular complexity index is 448. The van der Waals surface area contributed by atoms with E-state index in [1.165, 1.54) is 0 Å². The predicted octanol–water partition coefficient (Wildman–Crippen LogP) is 2.29. The van der Waals surface area contributed by atoms with Crippen LogP contribution in [0, 0.1) is 0 Å². The second kappa shape index (κ2) is 2.68. The van der Waals surface area contributed by atoms with Crippen LogP contribution in [0.15, 0.2) is 42.8 Å². The first-order valence-corrected chi connectivity index (χ1v) is 3.70. The molecule has 2 nitrogen and oxygen atoms in total. The third-order valence-corrected chi connectivity index (χ3v) is 1.72. The van der Waals surface area contributed by atoms with Crippen LogP contribution in [0.2, 0.25) is 0 Å². The Balaban J connectivity index is 2.78. The molecule has 0 saturated heterocycles. The molecule has 0 radical (unpaired) electrons. The largest absolute Gasteiger partial charge is 0.233 e. The molecule has 0 aliphatic heterocycles. The first-order valence-electron chi connectivity index (χ1n) is 3.70. The molecule has 0 saturated carbocycles. The Morgan fingerprint density at radius 2 is 2.25 bits per heavy atom. The molecule has 0 unspecified atom stereocenters. The van der Waals surface area contributed by atoms with Gasteiger partial charge in [0.1, 0.15) is 0 Å². The monoisotopic (exact) mass is 156 g/mol. The molecule has 58 valence electrons. The zero-order valence-corrected chi connectivity index (χ0v) is 6.57. The maximum atomic E-state index is 4.14.